The second-order valence-electron chi connectivity index (χ2n) is 5.55. The van der Waals surface area contributed by atoms with Crippen molar-refractivity contribution in [2.24, 2.45) is 0 Å². The van der Waals surface area contributed by atoms with Crippen LogP contribution in [0.4, 0.5) is 0 Å². The fourth-order valence-electron chi connectivity index (χ4n) is 2.01. The SMILES string of the molecule is O=C(CSSCC(=O)NCc1ccc(Cl)cc1Cl)NCc1ccc(Cl)cc1Cl. The zero-order chi connectivity index (χ0) is 20.5. The molecule has 0 unspecified atom stereocenters. The van der Waals surface area contributed by atoms with E-state index in [9.17, 15) is 9.59 Å². The van der Waals surface area contributed by atoms with Gasteiger partial charge in [-0.1, -0.05) is 80.1 Å². The summed E-state index contributed by atoms with van der Waals surface area (Å²) in [5.74, 6) is 0.173. The molecular formula is C18H16Cl4N2O2S2. The van der Waals surface area contributed by atoms with Crippen molar-refractivity contribution in [1.29, 1.82) is 0 Å². The van der Waals surface area contributed by atoms with Crippen LogP contribution in [-0.2, 0) is 22.7 Å². The van der Waals surface area contributed by atoms with Crippen molar-refractivity contribution in [2.75, 3.05) is 11.5 Å². The average molecular weight is 498 g/mol. The van der Waals surface area contributed by atoms with E-state index >= 15 is 0 Å². The molecule has 0 bridgehead atoms. The molecule has 2 amide bonds. The lowest BCUT2D eigenvalue weighted by Gasteiger charge is -2.08. The first-order valence-electron chi connectivity index (χ1n) is 8.01. The van der Waals surface area contributed by atoms with Crippen LogP contribution in [0.2, 0.25) is 20.1 Å². The van der Waals surface area contributed by atoms with E-state index in [2.05, 4.69) is 10.6 Å². The molecule has 0 aromatic heterocycles. The summed E-state index contributed by atoms with van der Waals surface area (Å²) >= 11 is 23.8. The van der Waals surface area contributed by atoms with Crippen LogP contribution in [0.25, 0.3) is 0 Å². The molecule has 0 aliphatic carbocycles. The number of hydrogen-bond donors (Lipinski definition) is 2. The van der Waals surface area contributed by atoms with Gasteiger partial charge in [-0.05, 0) is 35.4 Å². The van der Waals surface area contributed by atoms with Crippen LogP contribution in [0.15, 0.2) is 36.4 Å². The van der Waals surface area contributed by atoms with E-state index < -0.39 is 0 Å². The van der Waals surface area contributed by atoms with E-state index in [4.69, 9.17) is 46.4 Å². The summed E-state index contributed by atoms with van der Waals surface area (Å²) in [6.07, 6.45) is 0. The first-order valence-corrected chi connectivity index (χ1v) is 12.0. The molecule has 0 saturated heterocycles. The average Bonchev–Trinajstić information content (AvgIpc) is 2.64. The topological polar surface area (TPSA) is 58.2 Å². The molecule has 0 aliphatic rings. The zero-order valence-corrected chi connectivity index (χ0v) is 19.1. The number of carbonyl (C=O) groups is 2. The summed E-state index contributed by atoms with van der Waals surface area (Å²) < 4.78 is 0. The molecule has 0 aliphatic heterocycles. The highest BCUT2D eigenvalue weighted by Gasteiger charge is 2.08. The van der Waals surface area contributed by atoms with Crippen molar-refractivity contribution < 1.29 is 9.59 Å². The molecule has 28 heavy (non-hydrogen) atoms. The molecular weight excluding hydrogens is 482 g/mol. The van der Waals surface area contributed by atoms with Crippen molar-refractivity contribution in [3.63, 3.8) is 0 Å². The van der Waals surface area contributed by atoms with Gasteiger partial charge in [0.15, 0.2) is 0 Å². The van der Waals surface area contributed by atoms with Gasteiger partial charge in [0.2, 0.25) is 11.8 Å². The predicted molar refractivity (Wildman–Crippen MR) is 122 cm³/mol. The maximum atomic E-state index is 11.9. The predicted octanol–water partition coefficient (Wildman–Crippen LogP) is 5.61. The zero-order valence-electron chi connectivity index (χ0n) is 14.4. The fourth-order valence-corrected chi connectivity index (χ4v) is 4.69. The van der Waals surface area contributed by atoms with Crippen LogP contribution in [0, 0.1) is 0 Å². The number of rotatable bonds is 9. The van der Waals surface area contributed by atoms with Crippen LogP contribution in [0.3, 0.4) is 0 Å². The number of nitrogens with one attached hydrogen (secondary N) is 2. The molecule has 0 atom stereocenters. The molecule has 2 rings (SSSR count). The van der Waals surface area contributed by atoms with Gasteiger partial charge in [-0.15, -0.1) is 0 Å². The van der Waals surface area contributed by atoms with E-state index in [-0.39, 0.29) is 23.3 Å². The van der Waals surface area contributed by atoms with E-state index in [0.717, 1.165) is 11.1 Å². The maximum absolute atomic E-state index is 11.9. The van der Waals surface area contributed by atoms with Gasteiger partial charge in [0.05, 0.1) is 11.5 Å². The van der Waals surface area contributed by atoms with Gasteiger partial charge in [0, 0.05) is 33.2 Å². The first-order chi connectivity index (χ1) is 13.3. The molecule has 2 aromatic rings. The lowest BCUT2D eigenvalue weighted by atomic mass is 10.2. The monoisotopic (exact) mass is 496 g/mol. The highest BCUT2D eigenvalue weighted by molar-refractivity contribution is 8.77. The molecule has 0 fully saturated rings. The Labute approximate surface area is 191 Å². The number of halogens is 4. The van der Waals surface area contributed by atoms with E-state index in [1.54, 1.807) is 36.4 Å². The van der Waals surface area contributed by atoms with Gasteiger partial charge in [-0.3, -0.25) is 9.59 Å². The van der Waals surface area contributed by atoms with Gasteiger partial charge in [0.1, 0.15) is 0 Å². The van der Waals surface area contributed by atoms with Gasteiger partial charge in [0.25, 0.3) is 0 Å². The van der Waals surface area contributed by atoms with E-state index in [0.29, 0.717) is 33.2 Å². The van der Waals surface area contributed by atoms with Crippen LogP contribution in [0.1, 0.15) is 11.1 Å². The minimum atomic E-state index is -0.142. The van der Waals surface area contributed by atoms with E-state index in [1.807, 2.05) is 0 Å². The quantitative estimate of drug-likeness (QED) is 0.349. The van der Waals surface area contributed by atoms with Crippen LogP contribution >= 0.6 is 68.0 Å². The second kappa shape index (κ2) is 12.1. The Kier molecular flexibility index (Phi) is 10.1. The molecule has 2 aromatic carbocycles. The van der Waals surface area contributed by atoms with Crippen molar-refractivity contribution in [1.82, 2.24) is 10.6 Å². The highest BCUT2D eigenvalue weighted by atomic mass is 35.5. The fraction of sp³-hybridized carbons (Fsp3) is 0.222. The summed E-state index contributed by atoms with van der Waals surface area (Å²) in [5.41, 5.74) is 1.58. The normalized spacial score (nSPS) is 10.6. The minimum absolute atomic E-state index is 0.142. The van der Waals surface area contributed by atoms with Crippen molar-refractivity contribution >= 4 is 79.8 Å². The molecule has 2 N–H and O–H groups in total. The Bertz CT molecular complexity index is 783. The van der Waals surface area contributed by atoms with Crippen LogP contribution in [-0.4, -0.2) is 23.3 Å². The Morgan fingerprint density at radius 3 is 1.46 bits per heavy atom. The van der Waals surface area contributed by atoms with Gasteiger partial charge in [-0.25, -0.2) is 0 Å². The summed E-state index contributed by atoms with van der Waals surface area (Å²) in [6, 6.07) is 10.2. The Morgan fingerprint density at radius 2 is 1.11 bits per heavy atom. The number of amides is 2. The van der Waals surface area contributed by atoms with E-state index in [1.165, 1.54) is 21.6 Å². The van der Waals surface area contributed by atoms with Crippen LogP contribution < -0.4 is 10.6 Å². The largest absolute Gasteiger partial charge is 0.351 e. The third-order valence-electron chi connectivity index (χ3n) is 3.45. The summed E-state index contributed by atoms with van der Waals surface area (Å²) in [4.78, 5) is 23.7. The molecule has 10 heteroatoms. The summed E-state index contributed by atoms with van der Waals surface area (Å²) in [5, 5.41) is 7.66. The lowest BCUT2D eigenvalue weighted by Crippen LogP contribution is -2.25. The standard InChI is InChI=1S/C18H16Cl4N2O2S2/c19-13-3-1-11(15(21)5-13)7-23-17(25)9-27-28-10-18(26)24-8-12-2-4-14(20)6-16(12)22/h1-6H,7-10H2,(H,23,25)(H,24,26). The lowest BCUT2D eigenvalue weighted by molar-refractivity contribution is -0.119. The Balaban J connectivity index is 1.61. The number of carbonyl (C=O) groups excluding carboxylic acids is 2. The maximum Gasteiger partial charge on any atom is 0.231 e. The third-order valence-corrected chi connectivity index (χ3v) is 6.75. The van der Waals surface area contributed by atoms with Crippen molar-refractivity contribution in [3.8, 4) is 0 Å². The summed E-state index contributed by atoms with van der Waals surface area (Å²) in [6.45, 7) is 0.644. The van der Waals surface area contributed by atoms with Gasteiger partial charge < -0.3 is 10.6 Å². The highest BCUT2D eigenvalue weighted by Crippen LogP contribution is 2.23. The molecule has 0 heterocycles. The third kappa shape index (κ3) is 8.31. The van der Waals surface area contributed by atoms with Gasteiger partial charge in [-0.2, -0.15) is 0 Å². The Hall–Kier alpha value is -0.760. The van der Waals surface area contributed by atoms with Crippen LogP contribution in [0.5, 0.6) is 0 Å². The van der Waals surface area contributed by atoms with Crippen molar-refractivity contribution in [2.45, 2.75) is 13.1 Å². The smallest absolute Gasteiger partial charge is 0.231 e. The molecule has 0 spiro atoms. The molecule has 0 radical (unpaired) electrons. The first kappa shape index (κ1) is 23.5. The second-order valence-corrected chi connectivity index (χ2v) is 9.70. The molecule has 150 valence electrons. The Morgan fingerprint density at radius 1 is 0.714 bits per heavy atom. The number of benzene rings is 2. The minimum Gasteiger partial charge on any atom is -0.351 e. The molecule has 4 nitrogen and oxygen atoms in total. The van der Waals surface area contributed by atoms with Crippen molar-refractivity contribution in [3.05, 3.63) is 67.6 Å². The number of hydrogen-bond acceptors (Lipinski definition) is 4. The summed E-state index contributed by atoms with van der Waals surface area (Å²) in [7, 11) is 2.61. The van der Waals surface area contributed by atoms with Gasteiger partial charge >= 0.3 is 0 Å². The molecule has 0 saturated carbocycles.